The number of hydrogen-bond donors (Lipinski definition) is 1. The number of rotatable bonds is 4. The van der Waals surface area contributed by atoms with E-state index < -0.39 is 11.5 Å². The highest BCUT2D eigenvalue weighted by Crippen LogP contribution is 2.26. The Hall–Kier alpha value is -1.87. The van der Waals surface area contributed by atoms with Crippen LogP contribution in [0, 0.1) is 0 Å². The summed E-state index contributed by atoms with van der Waals surface area (Å²) in [6, 6.07) is 7.21. The second-order valence-electron chi connectivity index (χ2n) is 4.42. The molecule has 104 valence electrons. The van der Waals surface area contributed by atoms with Gasteiger partial charge in [0.05, 0.1) is 18.6 Å². The topological polar surface area (TPSA) is 46.5 Å². The summed E-state index contributed by atoms with van der Waals surface area (Å²) >= 11 is 0. The van der Waals surface area contributed by atoms with E-state index in [1.54, 1.807) is 26.0 Å². The van der Waals surface area contributed by atoms with E-state index in [1.165, 1.54) is 13.2 Å². The van der Waals surface area contributed by atoms with E-state index in [0.717, 1.165) is 11.1 Å². The van der Waals surface area contributed by atoms with E-state index in [2.05, 4.69) is 19.7 Å². The summed E-state index contributed by atoms with van der Waals surface area (Å²) in [6.45, 7) is 13.1. The molecule has 1 aromatic carbocycles. The zero-order valence-electron chi connectivity index (χ0n) is 11.8. The maximum atomic E-state index is 11.6. The van der Waals surface area contributed by atoms with Crippen LogP contribution in [0.25, 0.3) is 0 Å². The highest BCUT2D eigenvalue weighted by atomic mass is 16.5. The molecule has 1 atom stereocenters. The number of hydrogen-bond acceptors (Lipinski definition) is 3. The molecule has 3 heteroatoms. The third-order valence-corrected chi connectivity index (χ3v) is 2.89. The van der Waals surface area contributed by atoms with E-state index >= 15 is 0 Å². The van der Waals surface area contributed by atoms with Crippen LogP contribution in [0.3, 0.4) is 0 Å². The number of esters is 1. The normalized spacial score (nSPS) is 11.8. The number of aliphatic hydroxyl groups is 1. The average Bonchev–Trinajstić information content (AvgIpc) is 2.47. The van der Waals surface area contributed by atoms with Crippen molar-refractivity contribution in [2.24, 2.45) is 0 Å². The molecule has 1 aromatic rings. The van der Waals surface area contributed by atoms with Gasteiger partial charge in [-0.15, -0.1) is 19.7 Å². The van der Waals surface area contributed by atoms with Crippen molar-refractivity contribution in [2.45, 2.75) is 25.4 Å². The first-order valence-electron chi connectivity index (χ1n) is 5.93. The van der Waals surface area contributed by atoms with Gasteiger partial charge in [-0.3, -0.25) is 4.79 Å². The molecule has 0 heterocycles. The Morgan fingerprint density at radius 1 is 1.32 bits per heavy atom. The first-order valence-corrected chi connectivity index (χ1v) is 5.93. The average molecular weight is 262 g/mol. The van der Waals surface area contributed by atoms with Gasteiger partial charge < -0.3 is 9.84 Å². The van der Waals surface area contributed by atoms with Crippen molar-refractivity contribution in [1.82, 2.24) is 0 Å². The maximum Gasteiger partial charge on any atom is 0.315 e. The highest BCUT2D eigenvalue weighted by Gasteiger charge is 2.30. The zero-order valence-corrected chi connectivity index (χ0v) is 11.8. The first-order chi connectivity index (χ1) is 8.93. The second kappa shape index (κ2) is 7.54. The monoisotopic (exact) mass is 262 g/mol. The molecule has 1 N–H and O–H groups in total. The molecule has 1 unspecified atom stereocenters. The van der Waals surface area contributed by atoms with E-state index in [4.69, 9.17) is 4.74 Å². The Morgan fingerprint density at radius 3 is 2.16 bits per heavy atom. The number of methoxy groups -OCH3 is 1. The van der Waals surface area contributed by atoms with Gasteiger partial charge in [0, 0.05) is 0 Å². The molecule has 0 spiro atoms. The van der Waals surface area contributed by atoms with Crippen LogP contribution >= 0.6 is 0 Å². The molecular formula is C16H22O3. The minimum absolute atomic E-state index is 0.283. The van der Waals surface area contributed by atoms with Crippen molar-refractivity contribution in [3.8, 4) is 0 Å². The molecular weight excluding hydrogens is 240 g/mol. The fraction of sp³-hybridized carbons (Fsp3) is 0.312. The fourth-order valence-corrected chi connectivity index (χ4v) is 1.61. The second-order valence-corrected chi connectivity index (χ2v) is 4.42. The lowest BCUT2D eigenvalue weighted by Gasteiger charge is -2.22. The van der Waals surface area contributed by atoms with Crippen molar-refractivity contribution in [3.05, 3.63) is 61.2 Å². The molecule has 0 aliphatic rings. The third-order valence-electron chi connectivity index (χ3n) is 2.89. The van der Waals surface area contributed by atoms with Crippen molar-refractivity contribution < 1.29 is 14.6 Å². The largest absolute Gasteiger partial charge is 0.468 e. The molecule has 0 aliphatic carbocycles. The smallest absolute Gasteiger partial charge is 0.315 e. The van der Waals surface area contributed by atoms with Gasteiger partial charge in [-0.05, 0) is 25.0 Å². The Morgan fingerprint density at radius 2 is 1.79 bits per heavy atom. The summed E-state index contributed by atoms with van der Waals surface area (Å²) < 4.78 is 4.76. The lowest BCUT2D eigenvalue weighted by atomic mass is 9.84. The maximum absolute atomic E-state index is 11.6. The van der Waals surface area contributed by atoms with E-state index in [0.29, 0.717) is 0 Å². The predicted octanol–water partition coefficient (Wildman–Crippen LogP) is 3.16. The van der Waals surface area contributed by atoms with Crippen LogP contribution in [0.2, 0.25) is 0 Å². The number of carbonyl (C=O) groups excluding carboxylic acids is 1. The number of carbonyl (C=O) groups is 1. The zero-order chi connectivity index (χ0) is 15.1. The van der Waals surface area contributed by atoms with Gasteiger partial charge in [0.1, 0.15) is 0 Å². The van der Waals surface area contributed by atoms with Crippen LogP contribution in [-0.4, -0.2) is 18.2 Å². The Kier molecular flexibility index (Phi) is 6.80. The van der Waals surface area contributed by atoms with Gasteiger partial charge in [-0.25, -0.2) is 0 Å². The summed E-state index contributed by atoms with van der Waals surface area (Å²) in [7, 11) is 1.37. The van der Waals surface area contributed by atoms with Gasteiger partial charge in [0.15, 0.2) is 0 Å². The van der Waals surface area contributed by atoms with Crippen molar-refractivity contribution in [1.29, 1.82) is 0 Å². The van der Waals surface area contributed by atoms with Crippen LogP contribution in [0.4, 0.5) is 0 Å². The van der Waals surface area contributed by atoms with E-state index in [1.807, 2.05) is 12.1 Å². The van der Waals surface area contributed by atoms with Crippen molar-refractivity contribution >= 4 is 5.97 Å². The van der Waals surface area contributed by atoms with Gasteiger partial charge in [-0.2, -0.15) is 0 Å². The molecule has 3 nitrogen and oxygen atoms in total. The lowest BCUT2D eigenvalue weighted by molar-refractivity contribution is -0.146. The van der Waals surface area contributed by atoms with Gasteiger partial charge in [0.25, 0.3) is 0 Å². The summed E-state index contributed by atoms with van der Waals surface area (Å²) in [6.07, 6.45) is 0.783. The van der Waals surface area contributed by atoms with Crippen molar-refractivity contribution in [3.63, 3.8) is 0 Å². The quantitative estimate of drug-likeness (QED) is 0.669. The van der Waals surface area contributed by atoms with Gasteiger partial charge in [0.2, 0.25) is 0 Å². The summed E-state index contributed by atoms with van der Waals surface area (Å²) in [4.78, 5) is 11.6. The Labute approximate surface area is 115 Å². The molecule has 0 fully saturated rings. The Balaban J connectivity index is 0.00000154. The minimum atomic E-state index is -0.688. The van der Waals surface area contributed by atoms with E-state index in [9.17, 15) is 9.90 Å². The van der Waals surface area contributed by atoms with Crippen molar-refractivity contribution in [2.75, 3.05) is 7.11 Å². The minimum Gasteiger partial charge on any atom is -0.468 e. The van der Waals surface area contributed by atoms with Crippen LogP contribution in [0.1, 0.15) is 31.1 Å². The summed E-state index contributed by atoms with van der Waals surface area (Å²) in [5.41, 5.74) is 0.917. The fourth-order valence-electron chi connectivity index (χ4n) is 1.61. The molecule has 0 aliphatic heterocycles. The van der Waals surface area contributed by atoms with Crippen LogP contribution in [0.5, 0.6) is 0 Å². The van der Waals surface area contributed by atoms with Gasteiger partial charge >= 0.3 is 5.97 Å². The standard InChI is InChI=1S/C14H18O3.C2H4/c1-5-12(15)10-6-8-11(9-7-10)14(2,3)13(16)17-4;1-2/h5-9,12,15H,1H2,2-4H3;1-2H2. The predicted molar refractivity (Wildman–Crippen MR) is 77.9 cm³/mol. The molecule has 19 heavy (non-hydrogen) atoms. The molecule has 0 amide bonds. The molecule has 0 saturated carbocycles. The summed E-state index contributed by atoms with van der Waals surface area (Å²) in [5.74, 6) is -0.283. The highest BCUT2D eigenvalue weighted by molar-refractivity contribution is 5.82. The molecule has 0 aromatic heterocycles. The molecule has 0 saturated heterocycles. The van der Waals surface area contributed by atoms with Crippen LogP contribution < -0.4 is 0 Å². The van der Waals surface area contributed by atoms with Crippen LogP contribution in [-0.2, 0) is 14.9 Å². The number of benzene rings is 1. The summed E-state index contributed by atoms with van der Waals surface area (Å²) in [5, 5.41) is 9.57. The molecule has 0 radical (unpaired) electrons. The van der Waals surface area contributed by atoms with Crippen LogP contribution in [0.15, 0.2) is 50.1 Å². The molecule has 0 bridgehead atoms. The SMILES string of the molecule is C=C.C=CC(O)c1ccc(C(C)(C)C(=O)OC)cc1. The Bertz CT molecular complexity index is 418. The van der Waals surface area contributed by atoms with E-state index in [-0.39, 0.29) is 5.97 Å². The first kappa shape index (κ1) is 17.1. The third kappa shape index (κ3) is 4.07. The lowest BCUT2D eigenvalue weighted by Crippen LogP contribution is -2.30. The van der Waals surface area contributed by atoms with Gasteiger partial charge in [-0.1, -0.05) is 30.3 Å². The number of ether oxygens (including phenoxy) is 1. The molecule has 1 rings (SSSR count). The number of aliphatic hydroxyl groups excluding tert-OH is 1.